The van der Waals surface area contributed by atoms with Crippen LogP contribution in [-0.4, -0.2) is 18.2 Å². The third-order valence-electron chi connectivity index (χ3n) is 2.60. The number of carbonyl (C=O) groups is 1. The van der Waals surface area contributed by atoms with E-state index in [1.807, 2.05) is 22.6 Å². The molecule has 110 valence electrons. The van der Waals surface area contributed by atoms with Crippen molar-refractivity contribution >= 4 is 40.2 Å². The summed E-state index contributed by atoms with van der Waals surface area (Å²) in [6.45, 7) is 0. The zero-order valence-electron chi connectivity index (χ0n) is 10.7. The van der Waals surface area contributed by atoms with Crippen molar-refractivity contribution in [1.29, 1.82) is 0 Å². The van der Waals surface area contributed by atoms with Crippen LogP contribution in [0.4, 0.5) is 4.39 Å². The summed E-state index contributed by atoms with van der Waals surface area (Å²) in [7, 11) is 1.24. The number of halogens is 3. The molecule has 0 spiro atoms. The Morgan fingerprint density at radius 3 is 2.43 bits per heavy atom. The third-order valence-corrected chi connectivity index (χ3v) is 3.65. The van der Waals surface area contributed by atoms with Crippen LogP contribution in [0, 0.1) is 9.39 Å². The van der Waals surface area contributed by atoms with Crippen LogP contribution in [0.1, 0.15) is 10.4 Å². The minimum absolute atomic E-state index is 0.114. The SMILES string of the molecule is COc1c(F)c(C(=O)O)cc(I)c1Oc1ccc(Cl)cc1. The molecule has 1 N–H and O–H groups in total. The highest BCUT2D eigenvalue weighted by Crippen LogP contribution is 2.39. The number of aromatic carboxylic acids is 1. The maximum absolute atomic E-state index is 14.1. The van der Waals surface area contributed by atoms with Crippen LogP contribution < -0.4 is 9.47 Å². The standard InChI is InChI=1S/C14H9ClFIO4/c1-20-13-11(16)9(14(18)19)6-10(17)12(13)21-8-4-2-7(15)3-5-8/h2-6H,1H3,(H,18,19). The lowest BCUT2D eigenvalue weighted by atomic mass is 10.2. The highest BCUT2D eigenvalue weighted by Gasteiger charge is 2.23. The van der Waals surface area contributed by atoms with Crippen LogP contribution in [-0.2, 0) is 0 Å². The van der Waals surface area contributed by atoms with Gasteiger partial charge in [0.25, 0.3) is 0 Å². The largest absolute Gasteiger partial charge is 0.490 e. The molecule has 0 unspecified atom stereocenters. The zero-order chi connectivity index (χ0) is 15.6. The molecule has 0 amide bonds. The van der Waals surface area contributed by atoms with E-state index >= 15 is 0 Å². The average Bonchev–Trinajstić information content (AvgIpc) is 2.44. The first kappa shape index (κ1) is 15.8. The lowest BCUT2D eigenvalue weighted by Gasteiger charge is -2.14. The lowest BCUT2D eigenvalue weighted by Crippen LogP contribution is -2.05. The molecule has 0 aromatic heterocycles. The van der Waals surface area contributed by atoms with Crippen LogP contribution in [0.15, 0.2) is 30.3 Å². The summed E-state index contributed by atoms with van der Waals surface area (Å²) in [6.07, 6.45) is 0. The molecule has 0 aliphatic carbocycles. The van der Waals surface area contributed by atoms with Crippen molar-refractivity contribution in [3.8, 4) is 17.2 Å². The van der Waals surface area contributed by atoms with Gasteiger partial charge in [-0.25, -0.2) is 9.18 Å². The maximum atomic E-state index is 14.1. The first-order chi connectivity index (χ1) is 9.93. The number of carboxylic acid groups (broad SMARTS) is 1. The Bertz CT molecular complexity index is 688. The molecule has 0 heterocycles. The van der Waals surface area contributed by atoms with Crippen LogP contribution in [0.5, 0.6) is 17.2 Å². The van der Waals surface area contributed by atoms with E-state index in [1.165, 1.54) is 13.2 Å². The second kappa shape index (κ2) is 6.48. The quantitative estimate of drug-likeness (QED) is 0.733. The number of benzene rings is 2. The van der Waals surface area contributed by atoms with Crippen molar-refractivity contribution < 1.29 is 23.8 Å². The van der Waals surface area contributed by atoms with Crippen LogP contribution in [0.25, 0.3) is 0 Å². The summed E-state index contributed by atoms with van der Waals surface area (Å²) in [4.78, 5) is 11.0. The van der Waals surface area contributed by atoms with Crippen molar-refractivity contribution in [1.82, 2.24) is 0 Å². The topological polar surface area (TPSA) is 55.8 Å². The van der Waals surface area contributed by atoms with E-state index in [-0.39, 0.29) is 11.5 Å². The van der Waals surface area contributed by atoms with Crippen molar-refractivity contribution in [2.24, 2.45) is 0 Å². The maximum Gasteiger partial charge on any atom is 0.338 e. The van der Waals surface area contributed by atoms with Crippen molar-refractivity contribution in [3.63, 3.8) is 0 Å². The number of carboxylic acids is 1. The second-order valence-electron chi connectivity index (χ2n) is 3.94. The molecule has 0 atom stereocenters. The zero-order valence-corrected chi connectivity index (χ0v) is 13.6. The Morgan fingerprint density at radius 2 is 1.90 bits per heavy atom. The fourth-order valence-electron chi connectivity index (χ4n) is 1.64. The van der Waals surface area contributed by atoms with Crippen molar-refractivity contribution in [2.45, 2.75) is 0 Å². The highest BCUT2D eigenvalue weighted by molar-refractivity contribution is 14.1. The summed E-state index contributed by atoms with van der Waals surface area (Å²) in [5, 5.41) is 9.51. The van der Waals surface area contributed by atoms with Gasteiger partial charge >= 0.3 is 5.97 Å². The first-order valence-electron chi connectivity index (χ1n) is 5.66. The molecule has 0 aliphatic heterocycles. The Kier molecular flexibility index (Phi) is 4.89. The molecule has 7 heteroatoms. The molecule has 2 aromatic carbocycles. The van der Waals surface area contributed by atoms with Crippen LogP contribution in [0.2, 0.25) is 5.02 Å². The molecule has 0 fully saturated rings. The fourth-order valence-corrected chi connectivity index (χ4v) is 2.43. The summed E-state index contributed by atoms with van der Waals surface area (Å²) in [5.74, 6) is -2.06. The fraction of sp³-hybridized carbons (Fsp3) is 0.0714. The lowest BCUT2D eigenvalue weighted by molar-refractivity contribution is 0.0691. The van der Waals surface area contributed by atoms with Gasteiger partial charge in [-0.2, -0.15) is 0 Å². The van der Waals surface area contributed by atoms with Gasteiger partial charge in [-0.1, -0.05) is 11.6 Å². The Balaban J connectivity index is 2.50. The van der Waals surface area contributed by atoms with Gasteiger partial charge in [0.15, 0.2) is 17.3 Å². The molecule has 0 radical (unpaired) electrons. The average molecular weight is 423 g/mol. The van der Waals surface area contributed by atoms with Gasteiger partial charge in [-0.05, 0) is 52.9 Å². The van der Waals surface area contributed by atoms with E-state index in [2.05, 4.69) is 0 Å². The Labute approximate surface area is 138 Å². The van der Waals surface area contributed by atoms with Gasteiger partial charge in [0.2, 0.25) is 0 Å². The minimum atomic E-state index is -1.37. The van der Waals surface area contributed by atoms with E-state index in [0.29, 0.717) is 14.3 Å². The predicted octanol–water partition coefficient (Wildman–Crippen LogP) is 4.58. The molecule has 0 bridgehead atoms. The summed E-state index contributed by atoms with van der Waals surface area (Å²) < 4.78 is 25.1. The molecule has 2 aromatic rings. The number of hydrogen-bond acceptors (Lipinski definition) is 3. The van der Waals surface area contributed by atoms with Crippen molar-refractivity contribution in [2.75, 3.05) is 7.11 Å². The predicted molar refractivity (Wildman–Crippen MR) is 84.2 cm³/mol. The normalized spacial score (nSPS) is 10.3. The summed E-state index contributed by atoms with van der Waals surface area (Å²) in [6, 6.07) is 7.66. The van der Waals surface area contributed by atoms with E-state index in [0.717, 1.165) is 0 Å². The number of hydrogen-bond donors (Lipinski definition) is 1. The van der Waals surface area contributed by atoms with E-state index in [9.17, 15) is 9.18 Å². The molecule has 2 rings (SSSR count). The monoisotopic (exact) mass is 422 g/mol. The highest BCUT2D eigenvalue weighted by atomic mass is 127. The van der Waals surface area contributed by atoms with E-state index in [1.54, 1.807) is 24.3 Å². The Morgan fingerprint density at radius 1 is 1.29 bits per heavy atom. The van der Waals surface area contributed by atoms with Gasteiger partial charge in [0.1, 0.15) is 11.3 Å². The molecule has 0 saturated heterocycles. The Hall–Kier alpha value is -1.54. The summed E-state index contributed by atoms with van der Waals surface area (Å²) in [5.41, 5.74) is -0.472. The smallest absolute Gasteiger partial charge is 0.338 e. The third kappa shape index (κ3) is 3.38. The van der Waals surface area contributed by atoms with Gasteiger partial charge in [0.05, 0.1) is 10.7 Å². The van der Waals surface area contributed by atoms with E-state index in [4.69, 9.17) is 26.2 Å². The second-order valence-corrected chi connectivity index (χ2v) is 5.54. The number of rotatable bonds is 4. The molecular formula is C14H9ClFIO4. The van der Waals surface area contributed by atoms with Gasteiger partial charge in [-0.15, -0.1) is 0 Å². The molecule has 0 aliphatic rings. The summed E-state index contributed by atoms with van der Waals surface area (Å²) >= 11 is 7.64. The van der Waals surface area contributed by atoms with Crippen LogP contribution in [0.3, 0.4) is 0 Å². The van der Waals surface area contributed by atoms with E-state index < -0.39 is 17.3 Å². The minimum Gasteiger partial charge on any atom is -0.490 e. The first-order valence-corrected chi connectivity index (χ1v) is 7.12. The van der Waals surface area contributed by atoms with Gasteiger partial charge < -0.3 is 14.6 Å². The van der Waals surface area contributed by atoms with Gasteiger partial charge in [-0.3, -0.25) is 0 Å². The molecule has 4 nitrogen and oxygen atoms in total. The number of ether oxygens (including phenoxy) is 2. The molecule has 0 saturated carbocycles. The molecule has 21 heavy (non-hydrogen) atoms. The van der Waals surface area contributed by atoms with Gasteiger partial charge in [0, 0.05) is 5.02 Å². The number of methoxy groups -OCH3 is 1. The van der Waals surface area contributed by atoms with Crippen LogP contribution >= 0.6 is 34.2 Å². The van der Waals surface area contributed by atoms with Crippen molar-refractivity contribution in [3.05, 3.63) is 50.3 Å². The molecular weight excluding hydrogens is 414 g/mol.